The lowest BCUT2D eigenvalue weighted by molar-refractivity contribution is 0.447. The molecule has 2 N–H and O–H groups in total. The van der Waals surface area contributed by atoms with Crippen LogP contribution in [0.25, 0.3) is 0 Å². The van der Waals surface area contributed by atoms with Crippen LogP contribution < -0.4 is 10.6 Å². The maximum atomic E-state index is 4.32. The first-order valence-electron chi connectivity index (χ1n) is 6.16. The minimum absolute atomic E-state index is 0.0416. The van der Waals surface area contributed by atoms with Crippen LogP contribution in [-0.4, -0.2) is 29.1 Å². The van der Waals surface area contributed by atoms with Crippen LogP contribution in [0.1, 0.15) is 33.3 Å². The minimum atomic E-state index is 0.0416. The Morgan fingerprint density at radius 1 is 1.24 bits per heavy atom. The average molecular weight is 236 g/mol. The Balaban J connectivity index is 2.51. The van der Waals surface area contributed by atoms with Crippen LogP contribution in [0.3, 0.4) is 0 Å². The van der Waals surface area contributed by atoms with Crippen LogP contribution in [0.15, 0.2) is 12.4 Å². The van der Waals surface area contributed by atoms with E-state index in [1.54, 1.807) is 0 Å². The molecule has 0 fully saturated rings. The van der Waals surface area contributed by atoms with Gasteiger partial charge in [0.25, 0.3) is 0 Å². The molecular weight excluding hydrogens is 212 g/mol. The van der Waals surface area contributed by atoms with Gasteiger partial charge in [-0.1, -0.05) is 13.8 Å². The van der Waals surface area contributed by atoms with Crippen molar-refractivity contribution in [2.24, 2.45) is 5.92 Å². The molecule has 17 heavy (non-hydrogen) atoms. The van der Waals surface area contributed by atoms with Gasteiger partial charge in [-0.2, -0.15) is 0 Å². The molecule has 0 amide bonds. The van der Waals surface area contributed by atoms with Crippen molar-refractivity contribution in [3.8, 4) is 0 Å². The second-order valence-corrected chi connectivity index (χ2v) is 5.50. The van der Waals surface area contributed by atoms with Crippen molar-refractivity contribution in [3.05, 3.63) is 18.0 Å². The molecule has 1 aromatic rings. The molecule has 0 saturated heterocycles. The molecule has 1 heterocycles. The van der Waals surface area contributed by atoms with Gasteiger partial charge < -0.3 is 10.6 Å². The summed E-state index contributed by atoms with van der Waals surface area (Å²) in [6, 6.07) is 0. The van der Waals surface area contributed by atoms with Gasteiger partial charge in [0.05, 0.1) is 0 Å². The first kappa shape index (κ1) is 13.9. The van der Waals surface area contributed by atoms with Gasteiger partial charge in [-0.25, -0.2) is 9.97 Å². The Hall–Kier alpha value is -1.16. The average Bonchev–Trinajstić information content (AvgIpc) is 2.28. The van der Waals surface area contributed by atoms with Gasteiger partial charge in [0.1, 0.15) is 0 Å². The monoisotopic (exact) mass is 236 g/mol. The molecule has 0 atom stereocenters. The third kappa shape index (κ3) is 5.13. The van der Waals surface area contributed by atoms with Crippen molar-refractivity contribution in [1.82, 2.24) is 15.3 Å². The summed E-state index contributed by atoms with van der Waals surface area (Å²) in [6.45, 7) is 9.45. The zero-order chi connectivity index (χ0) is 12.9. The summed E-state index contributed by atoms with van der Waals surface area (Å²) >= 11 is 0. The second-order valence-electron chi connectivity index (χ2n) is 5.50. The summed E-state index contributed by atoms with van der Waals surface area (Å²) in [5, 5.41) is 6.46. The molecule has 0 spiro atoms. The molecule has 0 unspecified atom stereocenters. The lowest BCUT2D eigenvalue weighted by Gasteiger charge is -2.24. The summed E-state index contributed by atoms with van der Waals surface area (Å²) in [4.78, 5) is 8.64. The van der Waals surface area contributed by atoms with E-state index in [0.717, 1.165) is 13.0 Å². The largest absolute Gasteiger partial charge is 0.352 e. The molecule has 0 aliphatic carbocycles. The van der Waals surface area contributed by atoms with E-state index >= 15 is 0 Å². The summed E-state index contributed by atoms with van der Waals surface area (Å²) in [5.74, 6) is 1.33. The van der Waals surface area contributed by atoms with Crippen molar-refractivity contribution < 1.29 is 0 Å². The maximum Gasteiger partial charge on any atom is 0.222 e. The highest BCUT2D eigenvalue weighted by atomic mass is 15.1. The smallest absolute Gasteiger partial charge is 0.222 e. The molecule has 0 aliphatic heterocycles. The number of likely N-dealkylation sites (N-methyl/N-ethyl adjacent to an activating group) is 1. The predicted octanol–water partition coefficient (Wildman–Crippen LogP) is 2.08. The number of anilines is 1. The lowest BCUT2D eigenvalue weighted by Crippen LogP contribution is -2.43. The van der Waals surface area contributed by atoms with E-state index in [4.69, 9.17) is 0 Å². The van der Waals surface area contributed by atoms with Gasteiger partial charge in [-0.15, -0.1) is 0 Å². The van der Waals surface area contributed by atoms with E-state index in [9.17, 15) is 0 Å². The van der Waals surface area contributed by atoms with Crippen LogP contribution in [-0.2, 0) is 6.42 Å². The SMILES string of the molecule is CNC(C)(C)CNc1ncc(CC(C)C)cn1. The first-order chi connectivity index (χ1) is 7.93. The number of hydrogen-bond donors (Lipinski definition) is 2. The fourth-order valence-corrected chi connectivity index (χ4v) is 1.41. The number of nitrogens with one attached hydrogen (secondary N) is 2. The highest BCUT2D eigenvalue weighted by Crippen LogP contribution is 2.08. The third-order valence-corrected chi connectivity index (χ3v) is 2.71. The molecule has 0 radical (unpaired) electrons. The molecule has 4 heteroatoms. The Morgan fingerprint density at radius 3 is 2.29 bits per heavy atom. The molecular formula is C13H24N4. The van der Waals surface area contributed by atoms with Crippen molar-refractivity contribution >= 4 is 5.95 Å². The van der Waals surface area contributed by atoms with Crippen LogP contribution in [0, 0.1) is 5.92 Å². The van der Waals surface area contributed by atoms with Gasteiger partial charge in [0.15, 0.2) is 0 Å². The van der Waals surface area contributed by atoms with Crippen molar-refractivity contribution in [1.29, 1.82) is 0 Å². The van der Waals surface area contributed by atoms with Crippen molar-refractivity contribution in [2.75, 3.05) is 18.9 Å². The highest BCUT2D eigenvalue weighted by molar-refractivity contribution is 5.25. The van der Waals surface area contributed by atoms with Gasteiger partial charge in [-0.05, 0) is 38.8 Å². The molecule has 0 aromatic carbocycles. The Kier molecular flexibility index (Phi) is 4.87. The zero-order valence-corrected chi connectivity index (χ0v) is 11.5. The number of nitrogens with zero attached hydrogens (tertiary/aromatic N) is 2. The Labute approximate surface area is 104 Å². The summed E-state index contributed by atoms with van der Waals surface area (Å²) in [7, 11) is 1.95. The maximum absolute atomic E-state index is 4.32. The fourth-order valence-electron chi connectivity index (χ4n) is 1.41. The van der Waals surface area contributed by atoms with E-state index in [0.29, 0.717) is 11.9 Å². The summed E-state index contributed by atoms with van der Waals surface area (Å²) < 4.78 is 0. The molecule has 4 nitrogen and oxygen atoms in total. The van der Waals surface area contributed by atoms with E-state index in [1.807, 2.05) is 19.4 Å². The second kappa shape index (κ2) is 5.96. The van der Waals surface area contributed by atoms with Gasteiger partial charge in [0.2, 0.25) is 5.95 Å². The summed E-state index contributed by atoms with van der Waals surface area (Å²) in [5.41, 5.74) is 1.23. The predicted molar refractivity (Wildman–Crippen MR) is 72.2 cm³/mol. The summed E-state index contributed by atoms with van der Waals surface area (Å²) in [6.07, 6.45) is 4.84. The standard InChI is InChI=1S/C13H24N4/c1-10(2)6-11-7-15-12(16-8-11)17-9-13(3,4)14-5/h7-8,10,14H,6,9H2,1-5H3,(H,15,16,17). The molecule has 96 valence electrons. The van der Waals surface area contributed by atoms with E-state index < -0.39 is 0 Å². The quantitative estimate of drug-likeness (QED) is 0.794. The van der Waals surface area contributed by atoms with Gasteiger partial charge in [-0.3, -0.25) is 0 Å². The fraction of sp³-hybridized carbons (Fsp3) is 0.692. The zero-order valence-electron chi connectivity index (χ0n) is 11.5. The molecule has 1 rings (SSSR count). The first-order valence-corrected chi connectivity index (χ1v) is 6.16. The normalized spacial score (nSPS) is 11.9. The molecule has 0 aliphatic rings. The van der Waals surface area contributed by atoms with Crippen LogP contribution in [0.2, 0.25) is 0 Å². The van der Waals surface area contributed by atoms with Crippen molar-refractivity contribution in [2.45, 2.75) is 39.7 Å². The Morgan fingerprint density at radius 2 is 1.82 bits per heavy atom. The Bertz CT molecular complexity index is 330. The van der Waals surface area contributed by atoms with Gasteiger partial charge in [0, 0.05) is 24.5 Å². The number of rotatable bonds is 6. The van der Waals surface area contributed by atoms with E-state index in [-0.39, 0.29) is 5.54 Å². The van der Waals surface area contributed by atoms with Crippen LogP contribution >= 0.6 is 0 Å². The van der Waals surface area contributed by atoms with Gasteiger partial charge >= 0.3 is 0 Å². The lowest BCUT2D eigenvalue weighted by atomic mass is 10.1. The van der Waals surface area contributed by atoms with Crippen LogP contribution in [0.5, 0.6) is 0 Å². The van der Waals surface area contributed by atoms with Crippen molar-refractivity contribution in [3.63, 3.8) is 0 Å². The highest BCUT2D eigenvalue weighted by Gasteiger charge is 2.14. The third-order valence-electron chi connectivity index (χ3n) is 2.71. The van der Waals surface area contributed by atoms with E-state index in [1.165, 1.54) is 5.56 Å². The number of aromatic nitrogens is 2. The minimum Gasteiger partial charge on any atom is -0.352 e. The molecule has 0 bridgehead atoms. The van der Waals surface area contributed by atoms with Crippen LogP contribution in [0.4, 0.5) is 5.95 Å². The number of hydrogen-bond acceptors (Lipinski definition) is 4. The molecule has 0 saturated carbocycles. The topological polar surface area (TPSA) is 49.8 Å². The van der Waals surface area contributed by atoms with E-state index in [2.05, 4.69) is 48.3 Å². The molecule has 1 aromatic heterocycles.